The molecular formula is C11H14ClN3OS. The van der Waals surface area contributed by atoms with Crippen molar-refractivity contribution in [1.82, 2.24) is 15.5 Å². The fourth-order valence-electron chi connectivity index (χ4n) is 1.56. The maximum Gasteiger partial charge on any atom is 0.194 e. The number of nitrogens with one attached hydrogen (secondary N) is 1. The molecule has 4 nitrogen and oxygen atoms in total. The van der Waals surface area contributed by atoms with E-state index < -0.39 is 0 Å². The summed E-state index contributed by atoms with van der Waals surface area (Å²) in [6, 6.07) is 3.78. The van der Waals surface area contributed by atoms with Crippen LogP contribution in [-0.2, 0) is 0 Å². The second-order valence-corrected chi connectivity index (χ2v) is 4.95. The lowest BCUT2D eigenvalue weighted by Crippen LogP contribution is -2.19. The van der Waals surface area contributed by atoms with Crippen LogP contribution < -0.4 is 5.32 Å². The van der Waals surface area contributed by atoms with Crippen molar-refractivity contribution < 1.29 is 4.42 Å². The van der Waals surface area contributed by atoms with Gasteiger partial charge in [-0.2, -0.15) is 0 Å². The number of furan rings is 1. The number of rotatable bonds is 5. The predicted molar refractivity (Wildman–Crippen MR) is 69.3 cm³/mol. The van der Waals surface area contributed by atoms with Gasteiger partial charge in [-0.3, -0.25) is 0 Å². The minimum Gasteiger partial charge on any atom is -0.442 e. The zero-order valence-corrected chi connectivity index (χ0v) is 11.3. The Morgan fingerprint density at radius 3 is 2.82 bits per heavy atom. The molecule has 1 atom stereocenters. The van der Waals surface area contributed by atoms with E-state index in [1.54, 1.807) is 12.1 Å². The molecule has 0 bridgehead atoms. The Kier molecular flexibility index (Phi) is 4.15. The summed E-state index contributed by atoms with van der Waals surface area (Å²) in [6.07, 6.45) is 0.987. The molecule has 0 aromatic carbocycles. The van der Waals surface area contributed by atoms with Crippen LogP contribution in [0.3, 0.4) is 0 Å². The Morgan fingerprint density at radius 1 is 1.41 bits per heavy atom. The monoisotopic (exact) mass is 271 g/mol. The Bertz CT molecular complexity index is 483. The summed E-state index contributed by atoms with van der Waals surface area (Å²) >= 11 is 7.27. The molecule has 17 heavy (non-hydrogen) atoms. The van der Waals surface area contributed by atoms with Crippen LogP contribution in [0.15, 0.2) is 16.5 Å². The number of nitrogens with zero attached hydrogens (tertiary/aromatic N) is 2. The van der Waals surface area contributed by atoms with E-state index in [4.69, 9.17) is 16.0 Å². The van der Waals surface area contributed by atoms with Crippen LogP contribution >= 0.6 is 22.9 Å². The third kappa shape index (κ3) is 2.86. The molecule has 0 radical (unpaired) electrons. The molecule has 2 aromatic heterocycles. The van der Waals surface area contributed by atoms with Crippen molar-refractivity contribution >= 4 is 22.9 Å². The van der Waals surface area contributed by atoms with Gasteiger partial charge in [0.2, 0.25) is 0 Å². The van der Waals surface area contributed by atoms with Gasteiger partial charge in [-0.15, -0.1) is 10.2 Å². The molecule has 2 rings (SSSR count). The first-order valence-corrected chi connectivity index (χ1v) is 6.76. The van der Waals surface area contributed by atoms with E-state index in [-0.39, 0.29) is 6.04 Å². The zero-order valence-electron chi connectivity index (χ0n) is 9.74. The van der Waals surface area contributed by atoms with Gasteiger partial charge in [0.15, 0.2) is 16.0 Å². The van der Waals surface area contributed by atoms with Crippen LogP contribution in [0.1, 0.15) is 31.3 Å². The smallest absolute Gasteiger partial charge is 0.194 e. The standard InChI is InChI=1S/C11H14ClN3OS/c1-3-7(13-4-2)10-14-15-11(17-10)8-5-6-9(12)16-8/h5-7,13H,3-4H2,1-2H3. The van der Waals surface area contributed by atoms with Gasteiger partial charge in [-0.05, 0) is 36.7 Å². The quantitative estimate of drug-likeness (QED) is 0.904. The molecule has 0 saturated heterocycles. The minimum absolute atomic E-state index is 0.261. The molecule has 0 amide bonds. The van der Waals surface area contributed by atoms with Crippen molar-refractivity contribution in [2.24, 2.45) is 0 Å². The highest BCUT2D eigenvalue weighted by Crippen LogP contribution is 2.30. The predicted octanol–water partition coefficient (Wildman–Crippen LogP) is 3.51. The normalized spacial score (nSPS) is 12.9. The average molecular weight is 272 g/mol. The van der Waals surface area contributed by atoms with E-state index >= 15 is 0 Å². The highest BCUT2D eigenvalue weighted by atomic mass is 35.5. The summed E-state index contributed by atoms with van der Waals surface area (Å²) < 4.78 is 5.31. The first-order chi connectivity index (χ1) is 8.24. The van der Waals surface area contributed by atoms with E-state index in [0.717, 1.165) is 23.0 Å². The summed E-state index contributed by atoms with van der Waals surface area (Å²) in [5.74, 6) is 0.671. The molecule has 0 aliphatic carbocycles. The third-order valence-electron chi connectivity index (χ3n) is 2.38. The first kappa shape index (κ1) is 12.5. The van der Waals surface area contributed by atoms with Crippen LogP contribution in [0.4, 0.5) is 0 Å². The van der Waals surface area contributed by atoms with Crippen molar-refractivity contribution in [3.63, 3.8) is 0 Å². The van der Waals surface area contributed by atoms with Gasteiger partial charge < -0.3 is 9.73 Å². The van der Waals surface area contributed by atoms with Crippen LogP contribution in [0, 0.1) is 0 Å². The number of hydrogen-bond acceptors (Lipinski definition) is 5. The highest BCUT2D eigenvalue weighted by Gasteiger charge is 2.16. The average Bonchev–Trinajstić information content (AvgIpc) is 2.94. The summed E-state index contributed by atoms with van der Waals surface area (Å²) in [7, 11) is 0. The third-order valence-corrected chi connectivity index (χ3v) is 3.64. The van der Waals surface area contributed by atoms with Gasteiger partial charge >= 0.3 is 0 Å². The van der Waals surface area contributed by atoms with Crippen molar-refractivity contribution in [3.05, 3.63) is 22.4 Å². The van der Waals surface area contributed by atoms with Crippen LogP contribution in [-0.4, -0.2) is 16.7 Å². The van der Waals surface area contributed by atoms with Gasteiger partial charge in [-0.1, -0.05) is 25.2 Å². The number of hydrogen-bond donors (Lipinski definition) is 1. The summed E-state index contributed by atoms with van der Waals surface area (Å²) in [6.45, 7) is 5.12. The van der Waals surface area contributed by atoms with Gasteiger partial charge in [0, 0.05) is 0 Å². The first-order valence-electron chi connectivity index (χ1n) is 5.57. The SMILES string of the molecule is CCNC(CC)c1nnc(-c2ccc(Cl)o2)s1. The van der Waals surface area contributed by atoms with Gasteiger partial charge in [0.05, 0.1) is 6.04 Å². The van der Waals surface area contributed by atoms with E-state index in [1.165, 1.54) is 11.3 Å². The van der Waals surface area contributed by atoms with Crippen LogP contribution in [0.25, 0.3) is 10.8 Å². The van der Waals surface area contributed by atoms with Crippen LogP contribution in [0.2, 0.25) is 5.22 Å². The van der Waals surface area contributed by atoms with Gasteiger partial charge in [0.1, 0.15) is 5.01 Å². The van der Waals surface area contributed by atoms with Crippen molar-refractivity contribution in [1.29, 1.82) is 0 Å². The second kappa shape index (κ2) is 5.62. The van der Waals surface area contributed by atoms with E-state index in [0.29, 0.717) is 11.0 Å². The molecule has 2 aromatic rings. The molecule has 0 spiro atoms. The van der Waals surface area contributed by atoms with Gasteiger partial charge in [-0.25, -0.2) is 0 Å². The number of aromatic nitrogens is 2. The molecule has 2 heterocycles. The van der Waals surface area contributed by atoms with E-state index in [2.05, 4.69) is 29.4 Å². The molecule has 0 aliphatic heterocycles. The van der Waals surface area contributed by atoms with Crippen molar-refractivity contribution in [2.75, 3.05) is 6.54 Å². The summed E-state index contributed by atoms with van der Waals surface area (Å²) in [5.41, 5.74) is 0. The fourth-order valence-corrected chi connectivity index (χ4v) is 2.67. The lowest BCUT2D eigenvalue weighted by molar-refractivity contribution is 0.531. The van der Waals surface area contributed by atoms with E-state index in [9.17, 15) is 0 Å². The van der Waals surface area contributed by atoms with Crippen molar-refractivity contribution in [3.8, 4) is 10.8 Å². The van der Waals surface area contributed by atoms with Crippen LogP contribution in [0.5, 0.6) is 0 Å². The Labute approximate surface area is 109 Å². The Balaban J connectivity index is 2.20. The molecule has 0 saturated carbocycles. The largest absolute Gasteiger partial charge is 0.442 e. The highest BCUT2D eigenvalue weighted by molar-refractivity contribution is 7.14. The molecule has 0 aliphatic rings. The topological polar surface area (TPSA) is 51.0 Å². The second-order valence-electron chi connectivity index (χ2n) is 3.57. The zero-order chi connectivity index (χ0) is 12.3. The molecule has 0 fully saturated rings. The number of halogens is 1. The molecular weight excluding hydrogens is 258 g/mol. The lowest BCUT2D eigenvalue weighted by Gasteiger charge is -2.10. The summed E-state index contributed by atoms with van der Waals surface area (Å²) in [4.78, 5) is 0. The summed E-state index contributed by atoms with van der Waals surface area (Å²) in [5, 5.41) is 13.8. The fraction of sp³-hybridized carbons (Fsp3) is 0.455. The Morgan fingerprint density at radius 2 is 2.24 bits per heavy atom. The van der Waals surface area contributed by atoms with Gasteiger partial charge in [0.25, 0.3) is 0 Å². The van der Waals surface area contributed by atoms with E-state index in [1.807, 2.05) is 0 Å². The minimum atomic E-state index is 0.261. The molecule has 92 valence electrons. The molecule has 1 unspecified atom stereocenters. The molecule has 6 heteroatoms. The maximum atomic E-state index is 5.73. The Hall–Kier alpha value is -0.910. The maximum absolute atomic E-state index is 5.73. The van der Waals surface area contributed by atoms with Crippen molar-refractivity contribution in [2.45, 2.75) is 26.3 Å². The molecule has 1 N–H and O–H groups in total. The lowest BCUT2D eigenvalue weighted by atomic mass is 10.2.